The summed E-state index contributed by atoms with van der Waals surface area (Å²) in [7, 11) is 0. The zero-order valence-corrected chi connectivity index (χ0v) is 17.6. The maximum absolute atomic E-state index is 14.2. The Hall–Kier alpha value is -0.990. The van der Waals surface area contributed by atoms with Gasteiger partial charge in [0.1, 0.15) is 0 Å². The van der Waals surface area contributed by atoms with Crippen LogP contribution in [0.1, 0.15) is 108 Å². The lowest BCUT2D eigenvalue weighted by molar-refractivity contribution is -0.0807. The molecule has 28 heavy (non-hydrogen) atoms. The molecular formula is C25H37F3. The van der Waals surface area contributed by atoms with Crippen LogP contribution < -0.4 is 0 Å². The van der Waals surface area contributed by atoms with Gasteiger partial charge in [0.2, 0.25) is 0 Å². The first-order chi connectivity index (χ1) is 13.4. The molecular weight excluding hydrogens is 357 g/mol. The normalized spacial score (nSPS) is 30.2. The van der Waals surface area contributed by atoms with E-state index in [1.807, 2.05) is 12.1 Å². The maximum atomic E-state index is 14.2. The van der Waals surface area contributed by atoms with Gasteiger partial charge in [0.05, 0.1) is 0 Å². The smallest absolute Gasteiger partial charge is 0.236 e. The predicted molar refractivity (Wildman–Crippen MR) is 111 cm³/mol. The first-order valence-corrected chi connectivity index (χ1v) is 11.6. The molecule has 1 unspecified atom stereocenters. The highest BCUT2D eigenvalue weighted by atomic mass is 19.3. The van der Waals surface area contributed by atoms with Gasteiger partial charge in [0, 0.05) is 6.42 Å². The average molecular weight is 395 g/mol. The fraction of sp³-hybridized carbons (Fsp3) is 0.760. The van der Waals surface area contributed by atoms with Crippen molar-refractivity contribution in [3.8, 4) is 0 Å². The second-order valence-electron chi connectivity index (χ2n) is 9.34. The van der Waals surface area contributed by atoms with Crippen LogP contribution in [0.3, 0.4) is 0 Å². The molecule has 0 spiro atoms. The summed E-state index contributed by atoms with van der Waals surface area (Å²) >= 11 is 0. The summed E-state index contributed by atoms with van der Waals surface area (Å²) in [6.45, 7) is 3.98. The zero-order valence-electron chi connectivity index (χ0n) is 17.6. The lowest BCUT2D eigenvalue weighted by atomic mass is 9.68. The Morgan fingerprint density at radius 2 is 1.39 bits per heavy atom. The van der Waals surface area contributed by atoms with Gasteiger partial charge in [-0.05, 0) is 73.3 Å². The molecule has 3 heteroatoms. The molecule has 0 N–H and O–H groups in total. The van der Waals surface area contributed by atoms with Crippen molar-refractivity contribution in [2.45, 2.75) is 102 Å². The SMILES string of the molecule is CCCC(F)(F)C(F)c1ccc(C2CCC(C3CCC(CC)CC3)CC2)cc1. The van der Waals surface area contributed by atoms with Gasteiger partial charge in [-0.25, -0.2) is 13.2 Å². The molecule has 1 atom stereocenters. The Morgan fingerprint density at radius 1 is 0.857 bits per heavy atom. The van der Waals surface area contributed by atoms with Crippen LogP contribution in [0.5, 0.6) is 0 Å². The Morgan fingerprint density at radius 3 is 1.89 bits per heavy atom. The lowest BCUT2D eigenvalue weighted by Gasteiger charge is -2.38. The molecule has 158 valence electrons. The first kappa shape index (κ1) is 21.7. The number of hydrogen-bond acceptors (Lipinski definition) is 0. The average Bonchev–Trinajstić information content (AvgIpc) is 2.73. The van der Waals surface area contributed by atoms with Gasteiger partial charge < -0.3 is 0 Å². The van der Waals surface area contributed by atoms with E-state index in [4.69, 9.17) is 0 Å². The number of benzene rings is 1. The van der Waals surface area contributed by atoms with Gasteiger partial charge in [-0.1, -0.05) is 63.8 Å². The minimum atomic E-state index is -3.27. The van der Waals surface area contributed by atoms with E-state index >= 15 is 0 Å². The van der Waals surface area contributed by atoms with Gasteiger partial charge in [0.15, 0.2) is 6.17 Å². The molecule has 2 fully saturated rings. The first-order valence-electron chi connectivity index (χ1n) is 11.6. The lowest BCUT2D eigenvalue weighted by Crippen LogP contribution is -2.25. The quantitative estimate of drug-likeness (QED) is 0.434. The molecule has 0 radical (unpaired) electrons. The summed E-state index contributed by atoms with van der Waals surface area (Å²) in [5.41, 5.74) is 1.31. The molecule has 0 aliphatic heterocycles. The van der Waals surface area contributed by atoms with E-state index in [-0.39, 0.29) is 12.0 Å². The third kappa shape index (κ3) is 5.13. The van der Waals surface area contributed by atoms with Crippen LogP contribution in [0.15, 0.2) is 24.3 Å². The molecule has 0 aromatic heterocycles. The van der Waals surface area contributed by atoms with Crippen molar-refractivity contribution >= 4 is 0 Å². The van der Waals surface area contributed by atoms with Crippen LogP contribution in [-0.4, -0.2) is 5.92 Å². The van der Waals surface area contributed by atoms with E-state index in [0.717, 1.165) is 17.8 Å². The third-order valence-corrected chi connectivity index (χ3v) is 7.56. The van der Waals surface area contributed by atoms with Gasteiger partial charge >= 0.3 is 0 Å². The summed E-state index contributed by atoms with van der Waals surface area (Å²) in [5, 5.41) is 0. The number of alkyl halides is 3. The van der Waals surface area contributed by atoms with Crippen LogP contribution in [0, 0.1) is 17.8 Å². The number of hydrogen-bond donors (Lipinski definition) is 0. The molecule has 2 saturated carbocycles. The molecule has 0 heterocycles. The fourth-order valence-corrected chi connectivity index (χ4v) is 5.63. The molecule has 1 aromatic rings. The number of rotatable bonds is 7. The summed E-state index contributed by atoms with van der Waals surface area (Å²) in [5.74, 6) is -0.0254. The van der Waals surface area contributed by atoms with Crippen molar-refractivity contribution in [1.82, 2.24) is 0 Å². The van der Waals surface area contributed by atoms with E-state index < -0.39 is 18.5 Å². The molecule has 1 aromatic carbocycles. The largest absolute Gasteiger partial charge is 0.282 e. The van der Waals surface area contributed by atoms with Gasteiger partial charge in [-0.15, -0.1) is 0 Å². The molecule has 0 bridgehead atoms. The minimum absolute atomic E-state index is 0.114. The van der Waals surface area contributed by atoms with E-state index in [9.17, 15) is 13.2 Å². The molecule has 0 saturated heterocycles. The monoisotopic (exact) mass is 394 g/mol. The zero-order chi connectivity index (χ0) is 20.1. The molecule has 3 rings (SSSR count). The van der Waals surface area contributed by atoms with Crippen molar-refractivity contribution in [3.63, 3.8) is 0 Å². The Kier molecular flexibility index (Phi) is 7.50. The highest BCUT2D eigenvalue weighted by Gasteiger charge is 2.40. The van der Waals surface area contributed by atoms with Gasteiger partial charge in [-0.3, -0.25) is 0 Å². The van der Waals surface area contributed by atoms with Crippen molar-refractivity contribution in [2.75, 3.05) is 0 Å². The minimum Gasteiger partial charge on any atom is -0.236 e. The van der Waals surface area contributed by atoms with Crippen molar-refractivity contribution < 1.29 is 13.2 Å². The van der Waals surface area contributed by atoms with Gasteiger partial charge in [-0.2, -0.15) is 0 Å². The third-order valence-electron chi connectivity index (χ3n) is 7.56. The summed E-state index contributed by atoms with van der Waals surface area (Å²) in [4.78, 5) is 0. The van der Waals surface area contributed by atoms with Crippen LogP contribution in [-0.2, 0) is 0 Å². The molecule has 2 aliphatic carbocycles. The summed E-state index contributed by atoms with van der Waals surface area (Å²) < 4.78 is 41.9. The van der Waals surface area contributed by atoms with Crippen molar-refractivity contribution in [2.24, 2.45) is 17.8 Å². The second kappa shape index (κ2) is 9.67. The Bertz CT molecular complexity index is 578. The fourth-order valence-electron chi connectivity index (χ4n) is 5.63. The standard InChI is InChI=1S/C25H37F3/c1-3-17-25(27,28)24(26)23-15-13-22(14-16-23)21-11-9-20(10-12-21)19-7-5-18(4-2)6-8-19/h13-16,18-21,24H,3-12,17H2,1-2H3. The van der Waals surface area contributed by atoms with Crippen LogP contribution in [0.25, 0.3) is 0 Å². The van der Waals surface area contributed by atoms with E-state index in [0.29, 0.717) is 5.92 Å². The van der Waals surface area contributed by atoms with Crippen molar-refractivity contribution in [3.05, 3.63) is 35.4 Å². The van der Waals surface area contributed by atoms with E-state index in [1.54, 1.807) is 19.1 Å². The summed E-state index contributed by atoms with van der Waals surface area (Å²) in [6, 6.07) is 6.95. The molecule has 2 aliphatic rings. The van der Waals surface area contributed by atoms with E-state index in [1.165, 1.54) is 63.4 Å². The molecule has 0 amide bonds. The topological polar surface area (TPSA) is 0 Å². The van der Waals surface area contributed by atoms with E-state index in [2.05, 4.69) is 6.92 Å². The Balaban J connectivity index is 1.52. The van der Waals surface area contributed by atoms with Crippen LogP contribution in [0.4, 0.5) is 13.2 Å². The number of halogens is 3. The second-order valence-corrected chi connectivity index (χ2v) is 9.34. The predicted octanol–water partition coefficient (Wildman–Crippen LogP) is 8.62. The maximum Gasteiger partial charge on any atom is 0.282 e. The Labute approximate surface area is 169 Å². The van der Waals surface area contributed by atoms with Crippen LogP contribution >= 0.6 is 0 Å². The highest BCUT2D eigenvalue weighted by molar-refractivity contribution is 5.28. The van der Waals surface area contributed by atoms with Crippen molar-refractivity contribution in [1.29, 1.82) is 0 Å². The van der Waals surface area contributed by atoms with Gasteiger partial charge in [0.25, 0.3) is 5.92 Å². The highest BCUT2D eigenvalue weighted by Crippen LogP contribution is 2.45. The molecule has 0 nitrogen and oxygen atoms in total. The van der Waals surface area contributed by atoms with Crippen LogP contribution in [0.2, 0.25) is 0 Å². The summed E-state index contributed by atoms with van der Waals surface area (Å²) in [6.07, 6.45) is 9.60.